The molecule has 1 aliphatic heterocycles. The van der Waals surface area contributed by atoms with Gasteiger partial charge in [0, 0.05) is 23.5 Å². The standard InChI is InChI=1S/C25H24N2O3/c1-18(30-22-12-6-3-7-13-22)24(28)26-21-15-14-19-11-8-16-27(23(19)17-21)25(29)20-9-4-2-5-10-20/h2-7,9-10,12-15,17-18H,8,11,16H2,1H3,(H,26,28). The molecule has 0 fully saturated rings. The zero-order valence-corrected chi connectivity index (χ0v) is 16.9. The van der Waals surface area contributed by atoms with Crippen molar-refractivity contribution in [2.24, 2.45) is 0 Å². The summed E-state index contributed by atoms with van der Waals surface area (Å²) < 4.78 is 5.70. The van der Waals surface area contributed by atoms with Crippen LogP contribution in [-0.4, -0.2) is 24.5 Å². The minimum Gasteiger partial charge on any atom is -0.481 e. The van der Waals surface area contributed by atoms with Gasteiger partial charge in [-0.15, -0.1) is 0 Å². The van der Waals surface area contributed by atoms with Crippen molar-refractivity contribution >= 4 is 23.2 Å². The van der Waals surface area contributed by atoms with Crippen LogP contribution < -0.4 is 15.0 Å². The fourth-order valence-electron chi connectivity index (χ4n) is 3.60. The Bertz CT molecular complexity index is 1030. The lowest BCUT2D eigenvalue weighted by Gasteiger charge is -2.30. The first kappa shape index (κ1) is 19.7. The van der Waals surface area contributed by atoms with E-state index in [9.17, 15) is 9.59 Å². The molecular weight excluding hydrogens is 376 g/mol. The number of nitrogens with one attached hydrogen (secondary N) is 1. The Balaban J connectivity index is 1.51. The molecule has 5 heteroatoms. The summed E-state index contributed by atoms with van der Waals surface area (Å²) in [5, 5.41) is 2.91. The Labute approximate surface area is 176 Å². The Morgan fingerprint density at radius 1 is 0.967 bits per heavy atom. The second-order valence-electron chi connectivity index (χ2n) is 7.33. The lowest BCUT2D eigenvalue weighted by molar-refractivity contribution is -0.122. The van der Waals surface area contributed by atoms with Crippen LogP contribution in [0.3, 0.4) is 0 Å². The maximum absolute atomic E-state index is 13.0. The van der Waals surface area contributed by atoms with Gasteiger partial charge in [-0.1, -0.05) is 42.5 Å². The third-order valence-corrected chi connectivity index (χ3v) is 5.16. The number of fused-ring (bicyclic) bond motifs is 1. The maximum atomic E-state index is 13.0. The van der Waals surface area contributed by atoms with Gasteiger partial charge in [-0.3, -0.25) is 9.59 Å². The molecule has 1 unspecified atom stereocenters. The molecular formula is C25H24N2O3. The first-order chi connectivity index (χ1) is 14.6. The van der Waals surface area contributed by atoms with Crippen LogP contribution in [0.25, 0.3) is 0 Å². The van der Waals surface area contributed by atoms with Gasteiger partial charge in [-0.25, -0.2) is 0 Å². The number of hydrogen-bond acceptors (Lipinski definition) is 3. The summed E-state index contributed by atoms with van der Waals surface area (Å²) in [4.78, 5) is 27.4. The fourth-order valence-corrected chi connectivity index (χ4v) is 3.60. The molecule has 0 saturated heterocycles. The number of carbonyl (C=O) groups excluding carboxylic acids is 2. The van der Waals surface area contributed by atoms with Crippen LogP contribution in [0.15, 0.2) is 78.9 Å². The van der Waals surface area contributed by atoms with E-state index >= 15 is 0 Å². The lowest BCUT2D eigenvalue weighted by Crippen LogP contribution is -2.35. The van der Waals surface area contributed by atoms with Crippen LogP contribution in [0.4, 0.5) is 11.4 Å². The minimum atomic E-state index is -0.648. The maximum Gasteiger partial charge on any atom is 0.265 e. The summed E-state index contributed by atoms with van der Waals surface area (Å²) in [6, 6.07) is 24.3. The van der Waals surface area contributed by atoms with Crippen molar-refractivity contribution in [1.82, 2.24) is 0 Å². The van der Waals surface area contributed by atoms with Crippen LogP contribution in [-0.2, 0) is 11.2 Å². The molecule has 5 nitrogen and oxygen atoms in total. The van der Waals surface area contributed by atoms with E-state index in [1.165, 1.54) is 0 Å². The molecule has 0 spiro atoms. The summed E-state index contributed by atoms with van der Waals surface area (Å²) in [6.07, 6.45) is 1.18. The summed E-state index contributed by atoms with van der Waals surface area (Å²) in [5.41, 5.74) is 3.27. The highest BCUT2D eigenvalue weighted by Gasteiger charge is 2.24. The van der Waals surface area contributed by atoms with Crippen molar-refractivity contribution in [2.75, 3.05) is 16.8 Å². The monoisotopic (exact) mass is 400 g/mol. The van der Waals surface area contributed by atoms with E-state index in [0.717, 1.165) is 24.1 Å². The Morgan fingerprint density at radius 3 is 2.40 bits per heavy atom. The number of rotatable bonds is 5. The third kappa shape index (κ3) is 4.35. The number of carbonyl (C=O) groups is 2. The highest BCUT2D eigenvalue weighted by atomic mass is 16.5. The van der Waals surface area contributed by atoms with Crippen LogP contribution in [0.1, 0.15) is 29.3 Å². The summed E-state index contributed by atoms with van der Waals surface area (Å²) in [5.74, 6) is 0.376. The first-order valence-electron chi connectivity index (χ1n) is 10.1. The minimum absolute atomic E-state index is 0.0270. The van der Waals surface area contributed by atoms with Crippen molar-refractivity contribution in [1.29, 1.82) is 0 Å². The molecule has 4 rings (SSSR count). The van der Waals surface area contributed by atoms with Gasteiger partial charge in [0.1, 0.15) is 5.75 Å². The van der Waals surface area contributed by atoms with Crippen molar-refractivity contribution in [3.8, 4) is 5.75 Å². The zero-order chi connectivity index (χ0) is 20.9. The molecule has 3 aromatic rings. The summed E-state index contributed by atoms with van der Waals surface area (Å²) in [7, 11) is 0. The largest absolute Gasteiger partial charge is 0.481 e. The third-order valence-electron chi connectivity index (χ3n) is 5.16. The van der Waals surface area contributed by atoms with Crippen LogP contribution in [0, 0.1) is 0 Å². The number of benzene rings is 3. The van der Waals surface area contributed by atoms with Crippen molar-refractivity contribution in [3.63, 3.8) is 0 Å². The molecule has 1 aliphatic rings. The van der Waals surface area contributed by atoms with Gasteiger partial charge in [0.25, 0.3) is 11.8 Å². The highest BCUT2D eigenvalue weighted by Crippen LogP contribution is 2.31. The molecule has 1 N–H and O–H groups in total. The summed E-state index contributed by atoms with van der Waals surface area (Å²) >= 11 is 0. The molecule has 0 saturated carbocycles. The molecule has 30 heavy (non-hydrogen) atoms. The molecule has 1 atom stereocenters. The quantitative estimate of drug-likeness (QED) is 0.676. The number of hydrogen-bond donors (Lipinski definition) is 1. The van der Waals surface area contributed by atoms with E-state index in [2.05, 4.69) is 5.32 Å². The number of para-hydroxylation sites is 1. The second-order valence-corrected chi connectivity index (χ2v) is 7.33. The number of aryl methyl sites for hydroxylation is 1. The van der Waals surface area contributed by atoms with Gasteiger partial charge >= 0.3 is 0 Å². The van der Waals surface area contributed by atoms with Crippen molar-refractivity contribution < 1.29 is 14.3 Å². The first-order valence-corrected chi connectivity index (χ1v) is 10.1. The molecule has 3 aromatic carbocycles. The molecule has 152 valence electrons. The Kier molecular flexibility index (Phi) is 5.80. The van der Waals surface area contributed by atoms with Crippen molar-refractivity contribution in [3.05, 3.63) is 90.0 Å². The molecule has 0 radical (unpaired) electrons. The molecule has 0 bridgehead atoms. The smallest absolute Gasteiger partial charge is 0.265 e. The molecule has 0 aliphatic carbocycles. The van der Waals surface area contributed by atoms with Gasteiger partial charge in [0.2, 0.25) is 0 Å². The second kappa shape index (κ2) is 8.82. The number of anilines is 2. The Morgan fingerprint density at radius 2 is 1.67 bits per heavy atom. The van der Waals surface area contributed by atoms with Gasteiger partial charge in [0.05, 0.1) is 0 Å². The van der Waals surface area contributed by atoms with Gasteiger partial charge in [-0.05, 0) is 61.7 Å². The van der Waals surface area contributed by atoms with E-state index < -0.39 is 6.10 Å². The van der Waals surface area contributed by atoms with E-state index in [-0.39, 0.29) is 11.8 Å². The average molecular weight is 400 g/mol. The summed E-state index contributed by atoms with van der Waals surface area (Å²) in [6.45, 7) is 2.37. The Hall–Kier alpha value is -3.60. The van der Waals surface area contributed by atoms with E-state index in [4.69, 9.17) is 4.74 Å². The lowest BCUT2D eigenvalue weighted by atomic mass is 10.00. The molecule has 1 heterocycles. The topological polar surface area (TPSA) is 58.6 Å². The van der Waals surface area contributed by atoms with Gasteiger partial charge in [-0.2, -0.15) is 0 Å². The van der Waals surface area contributed by atoms with Crippen LogP contribution in [0.5, 0.6) is 5.75 Å². The predicted molar refractivity (Wildman–Crippen MR) is 118 cm³/mol. The predicted octanol–water partition coefficient (Wildman–Crippen LogP) is 4.69. The average Bonchev–Trinajstić information content (AvgIpc) is 2.79. The van der Waals surface area contributed by atoms with Crippen LogP contribution >= 0.6 is 0 Å². The van der Waals surface area contributed by atoms with E-state index in [0.29, 0.717) is 23.5 Å². The van der Waals surface area contributed by atoms with E-state index in [1.807, 2.05) is 78.9 Å². The normalized spacial score (nSPS) is 13.8. The van der Waals surface area contributed by atoms with Gasteiger partial charge in [0.15, 0.2) is 6.10 Å². The number of nitrogens with zero attached hydrogens (tertiary/aromatic N) is 1. The number of ether oxygens (including phenoxy) is 1. The zero-order valence-electron chi connectivity index (χ0n) is 16.9. The highest BCUT2D eigenvalue weighted by molar-refractivity contribution is 6.07. The van der Waals surface area contributed by atoms with E-state index in [1.54, 1.807) is 11.8 Å². The molecule has 0 aromatic heterocycles. The van der Waals surface area contributed by atoms with Gasteiger partial charge < -0.3 is 15.0 Å². The van der Waals surface area contributed by atoms with Crippen LogP contribution in [0.2, 0.25) is 0 Å². The SMILES string of the molecule is CC(Oc1ccccc1)C(=O)Nc1ccc2c(c1)N(C(=O)c1ccccc1)CCC2. The number of amides is 2. The van der Waals surface area contributed by atoms with Crippen molar-refractivity contribution in [2.45, 2.75) is 25.9 Å². The fraction of sp³-hybridized carbons (Fsp3) is 0.200. The molecule has 2 amide bonds.